The Bertz CT molecular complexity index is 1130. The molecule has 9 heteroatoms. The van der Waals surface area contributed by atoms with Gasteiger partial charge in [-0.25, -0.2) is 41.9 Å². The van der Waals surface area contributed by atoms with Crippen LogP contribution in [0.25, 0.3) is 0 Å². The molecule has 2 aliphatic carbocycles. The van der Waals surface area contributed by atoms with E-state index in [0.29, 0.717) is 0 Å². The van der Waals surface area contributed by atoms with Crippen molar-refractivity contribution in [2.75, 3.05) is 10.6 Å². The van der Waals surface area contributed by atoms with Crippen LogP contribution in [0.3, 0.4) is 0 Å². The van der Waals surface area contributed by atoms with E-state index in [2.05, 4.69) is 34.9 Å². The summed E-state index contributed by atoms with van der Waals surface area (Å²) in [6, 6.07) is 8.24. The summed E-state index contributed by atoms with van der Waals surface area (Å²) in [7, 11) is 0. The zero-order valence-corrected chi connectivity index (χ0v) is 26.6. The molecule has 2 aliphatic rings. The molecule has 2 amide bonds. The van der Waals surface area contributed by atoms with Gasteiger partial charge in [-0.05, 0) is 24.2 Å². The van der Waals surface area contributed by atoms with E-state index in [1.54, 1.807) is 13.8 Å². The van der Waals surface area contributed by atoms with Crippen molar-refractivity contribution in [3.05, 3.63) is 108 Å². The first kappa shape index (κ1) is 39.8. The smallest absolute Gasteiger partial charge is 0.376 e. The Morgan fingerprint density at radius 3 is 1.33 bits per heavy atom. The van der Waals surface area contributed by atoms with Gasteiger partial charge in [0.05, 0.1) is 0 Å². The van der Waals surface area contributed by atoms with Crippen molar-refractivity contribution in [1.82, 2.24) is 0 Å². The predicted octanol–water partition coefficient (Wildman–Crippen LogP) is 8.89. The van der Waals surface area contributed by atoms with Crippen molar-refractivity contribution in [3.8, 4) is 0 Å². The number of carbonyl (C=O) groups is 2. The van der Waals surface area contributed by atoms with Crippen LogP contribution < -0.4 is 10.6 Å². The minimum atomic E-state index is -0.878. The van der Waals surface area contributed by atoms with E-state index in [-0.39, 0.29) is 56.7 Å². The quantitative estimate of drug-likeness (QED) is 0.174. The van der Waals surface area contributed by atoms with Crippen LogP contribution in [-0.4, -0.2) is 11.8 Å². The Morgan fingerprint density at radius 1 is 0.721 bits per heavy atom. The van der Waals surface area contributed by atoms with Crippen LogP contribution in [0.2, 0.25) is 0 Å². The summed E-state index contributed by atoms with van der Waals surface area (Å²) in [5, 5.41) is 4.82. The second-order valence-electron chi connectivity index (χ2n) is 9.43. The van der Waals surface area contributed by atoms with Crippen molar-refractivity contribution in [1.29, 1.82) is 0 Å². The summed E-state index contributed by atoms with van der Waals surface area (Å²) in [5.74, 6) is -4.21. The van der Waals surface area contributed by atoms with Crippen molar-refractivity contribution >= 4 is 23.2 Å². The zero-order valence-electron chi connectivity index (χ0n) is 25.0. The van der Waals surface area contributed by atoms with Crippen LogP contribution in [0.1, 0.15) is 66.2 Å². The molecule has 4 nitrogen and oxygen atoms in total. The van der Waals surface area contributed by atoms with Gasteiger partial charge < -0.3 is 10.6 Å². The van der Waals surface area contributed by atoms with Gasteiger partial charge in [-0.2, -0.15) is 12.2 Å². The fourth-order valence-corrected chi connectivity index (χ4v) is 3.40. The van der Waals surface area contributed by atoms with Crippen LogP contribution in [0.5, 0.6) is 0 Å². The number of carbonyl (C=O) groups excluding carboxylic acids is 2. The predicted molar refractivity (Wildman–Crippen MR) is 159 cm³/mol. The van der Waals surface area contributed by atoms with E-state index < -0.39 is 23.3 Å². The molecule has 4 rings (SSSR count). The average Bonchev–Trinajstić information content (AvgIpc) is 3.72. The molecular weight excluding hydrogens is 592 g/mol. The maximum absolute atomic E-state index is 13.1. The fraction of sp³-hybridized carbons (Fsp3) is 0.353. The summed E-state index contributed by atoms with van der Waals surface area (Å²) in [5.41, 5.74) is -0.0660. The molecule has 2 aromatic carbocycles. The summed E-state index contributed by atoms with van der Waals surface area (Å²) >= 11 is 0. The van der Waals surface area contributed by atoms with Crippen molar-refractivity contribution in [2.45, 2.75) is 66.2 Å². The van der Waals surface area contributed by atoms with Crippen LogP contribution in [-0.2, 0) is 31.3 Å². The zero-order chi connectivity index (χ0) is 31.3. The molecule has 2 unspecified atom stereocenters. The van der Waals surface area contributed by atoms with Gasteiger partial charge in [0.1, 0.15) is 0 Å². The minimum Gasteiger partial charge on any atom is -0.376 e. The molecule has 2 N–H and O–H groups in total. The monoisotopic (exact) mass is 630 g/mol. The fourth-order valence-electron chi connectivity index (χ4n) is 3.40. The van der Waals surface area contributed by atoms with Crippen molar-refractivity contribution in [3.63, 3.8) is 0 Å². The van der Waals surface area contributed by atoms with E-state index in [1.807, 2.05) is 50.3 Å². The first-order valence-corrected chi connectivity index (χ1v) is 13.9. The number of rotatable bonds is 8. The van der Waals surface area contributed by atoms with Gasteiger partial charge in [0.15, 0.2) is 0 Å². The molecule has 0 spiro atoms. The van der Waals surface area contributed by atoms with E-state index >= 15 is 0 Å². The normalized spacial score (nSPS) is 13.2. The van der Waals surface area contributed by atoms with Crippen molar-refractivity contribution in [2.24, 2.45) is 11.8 Å². The molecule has 0 aliphatic heterocycles. The summed E-state index contributed by atoms with van der Waals surface area (Å²) in [6.45, 7) is 7.47. The number of amides is 2. The second kappa shape index (κ2) is 23.3. The first-order chi connectivity index (χ1) is 20.1. The van der Waals surface area contributed by atoms with E-state index in [9.17, 15) is 27.2 Å². The SMILES string of the molecule is CCCC(C)C(=O)Nc1ccc(F)[c-]c1F.CCCC(C)C(=O)Nc1ccc(F)[c-]c1F.[C-]1=CC=CC1.[C-]1=CC=CC1.[Ti+4]. The Labute approximate surface area is 268 Å². The van der Waals surface area contributed by atoms with Gasteiger partial charge in [-0.1, -0.05) is 40.5 Å². The van der Waals surface area contributed by atoms with Gasteiger partial charge in [0.25, 0.3) is 0 Å². The Balaban J connectivity index is 0.000000608. The second-order valence-corrected chi connectivity index (χ2v) is 9.43. The summed E-state index contributed by atoms with van der Waals surface area (Å²) < 4.78 is 51.4. The minimum absolute atomic E-state index is 0. The number of hydrogen-bond donors (Lipinski definition) is 2. The van der Waals surface area contributed by atoms with E-state index in [4.69, 9.17) is 0 Å². The third-order valence-corrected chi connectivity index (χ3v) is 5.75. The number of allylic oxidation sites excluding steroid dienone is 8. The largest absolute Gasteiger partial charge is 4.00 e. The molecule has 2 aromatic rings. The number of anilines is 2. The van der Waals surface area contributed by atoms with Crippen molar-refractivity contribution < 1.29 is 48.9 Å². The Morgan fingerprint density at radius 2 is 1.09 bits per heavy atom. The van der Waals surface area contributed by atoms with Gasteiger partial charge in [-0.15, -0.1) is 49.2 Å². The molecule has 43 heavy (non-hydrogen) atoms. The third kappa shape index (κ3) is 17.5. The Hall–Kier alpha value is -3.23. The van der Waals surface area contributed by atoms with E-state index in [1.165, 1.54) is 12.1 Å². The molecule has 0 heterocycles. The van der Waals surface area contributed by atoms with Gasteiger partial charge >= 0.3 is 21.7 Å². The van der Waals surface area contributed by atoms with E-state index in [0.717, 1.165) is 50.7 Å². The molecule has 0 bridgehead atoms. The molecular formula is C34H38F4N2O2Ti. The topological polar surface area (TPSA) is 58.2 Å². The molecule has 0 fully saturated rings. The maximum Gasteiger partial charge on any atom is 4.00 e. The van der Waals surface area contributed by atoms with Crippen LogP contribution in [0.4, 0.5) is 28.9 Å². The van der Waals surface area contributed by atoms with Crippen LogP contribution in [0, 0.1) is 59.4 Å². The molecule has 0 saturated heterocycles. The molecule has 228 valence electrons. The third-order valence-electron chi connectivity index (χ3n) is 5.75. The molecule has 2 atom stereocenters. The molecule has 0 saturated carbocycles. The number of nitrogens with one attached hydrogen (secondary N) is 2. The molecule has 0 radical (unpaired) electrons. The van der Waals surface area contributed by atoms with Gasteiger partial charge in [-0.3, -0.25) is 21.7 Å². The van der Waals surface area contributed by atoms with Gasteiger partial charge in [0.2, 0.25) is 11.8 Å². The number of halogens is 4. The number of benzene rings is 2. The summed E-state index contributed by atoms with van der Waals surface area (Å²) in [6.07, 6.45) is 23.2. The first-order valence-electron chi connectivity index (χ1n) is 13.9. The average molecular weight is 631 g/mol. The van der Waals surface area contributed by atoms with Crippen LogP contribution in [0.15, 0.2) is 60.7 Å². The van der Waals surface area contributed by atoms with Gasteiger partial charge in [0, 0.05) is 35.1 Å². The Kier molecular flexibility index (Phi) is 21.5. The summed E-state index contributed by atoms with van der Waals surface area (Å²) in [4.78, 5) is 23.1. The maximum atomic E-state index is 13.1. The van der Waals surface area contributed by atoms with Crippen LogP contribution >= 0.6 is 0 Å². The molecule has 0 aromatic heterocycles. The standard InChI is InChI=1S/2C12H14F2NO.2C5H5.Ti/c2*1-3-4-8(2)12(16)15-11-6-5-9(13)7-10(11)14;2*1-2-4-5-3-1;/h2*5-6,8H,3-4H2,1-2H3,(H,15,16);2*1-3H,4H2;/q4*-1;+4. The number of hydrogen-bond acceptors (Lipinski definition) is 2.